The minimum atomic E-state index is -3.84. The average Bonchev–Trinajstić information content (AvgIpc) is 2.91. The highest BCUT2D eigenvalue weighted by Crippen LogP contribution is 2.22. The molecule has 1 aliphatic heterocycles. The molecule has 1 aromatic carbocycles. The Balaban J connectivity index is 2.26. The van der Waals surface area contributed by atoms with Gasteiger partial charge in [-0.3, -0.25) is 0 Å². The molecule has 20 heavy (non-hydrogen) atoms. The lowest BCUT2D eigenvalue weighted by Gasteiger charge is -2.21. The summed E-state index contributed by atoms with van der Waals surface area (Å²) in [5.74, 6) is -0.647. The Labute approximate surface area is 118 Å². The number of nitrogens with zero attached hydrogens (tertiary/aromatic N) is 1. The van der Waals surface area contributed by atoms with Crippen molar-refractivity contribution >= 4 is 10.0 Å². The highest BCUT2D eigenvalue weighted by molar-refractivity contribution is 7.89. The molecule has 1 aliphatic rings. The second-order valence-electron chi connectivity index (χ2n) is 4.83. The van der Waals surface area contributed by atoms with Gasteiger partial charge >= 0.3 is 0 Å². The van der Waals surface area contributed by atoms with E-state index in [1.54, 1.807) is 0 Å². The fourth-order valence-electron chi connectivity index (χ4n) is 2.24. The van der Waals surface area contributed by atoms with Gasteiger partial charge in [0, 0.05) is 20.2 Å². The Kier molecular flexibility index (Phi) is 4.74. The van der Waals surface area contributed by atoms with Gasteiger partial charge in [-0.15, -0.1) is 0 Å². The maximum Gasteiger partial charge on any atom is 0.243 e. The van der Waals surface area contributed by atoms with Crippen LogP contribution in [-0.4, -0.2) is 44.1 Å². The van der Waals surface area contributed by atoms with E-state index in [9.17, 15) is 17.9 Å². The van der Waals surface area contributed by atoms with E-state index >= 15 is 0 Å². The van der Waals surface area contributed by atoms with Crippen molar-refractivity contribution in [1.82, 2.24) is 4.31 Å². The Morgan fingerprint density at radius 3 is 2.85 bits per heavy atom. The molecule has 1 N–H and O–H groups in total. The lowest BCUT2D eigenvalue weighted by Crippen LogP contribution is -2.34. The van der Waals surface area contributed by atoms with Crippen molar-refractivity contribution in [3.8, 4) is 0 Å². The number of hydrogen-bond acceptors (Lipinski definition) is 4. The van der Waals surface area contributed by atoms with Crippen LogP contribution in [0.2, 0.25) is 0 Å². The Bertz CT molecular complexity index is 570. The Hall–Kier alpha value is -1.02. The normalized spacial score (nSPS) is 19.7. The van der Waals surface area contributed by atoms with E-state index in [0.29, 0.717) is 6.61 Å². The molecule has 0 spiro atoms. The first-order chi connectivity index (χ1) is 9.45. The van der Waals surface area contributed by atoms with Crippen LogP contribution in [-0.2, 0) is 21.4 Å². The third kappa shape index (κ3) is 3.17. The van der Waals surface area contributed by atoms with Gasteiger partial charge < -0.3 is 9.84 Å². The molecule has 1 fully saturated rings. The van der Waals surface area contributed by atoms with Gasteiger partial charge in [0.1, 0.15) is 5.82 Å². The number of hydrogen-bond donors (Lipinski definition) is 1. The zero-order chi connectivity index (χ0) is 14.8. The van der Waals surface area contributed by atoms with Crippen molar-refractivity contribution < 1.29 is 22.7 Å². The lowest BCUT2D eigenvalue weighted by molar-refractivity contribution is 0.0978. The zero-order valence-electron chi connectivity index (χ0n) is 11.3. The number of halogens is 1. The number of benzene rings is 1. The van der Waals surface area contributed by atoms with Crippen LogP contribution in [0.3, 0.4) is 0 Å². The van der Waals surface area contributed by atoms with E-state index in [0.717, 1.165) is 29.3 Å². The van der Waals surface area contributed by atoms with Crippen molar-refractivity contribution in [2.75, 3.05) is 20.2 Å². The van der Waals surface area contributed by atoms with Crippen LogP contribution in [0.15, 0.2) is 23.1 Å². The van der Waals surface area contributed by atoms with E-state index in [1.165, 1.54) is 13.1 Å². The summed E-state index contributed by atoms with van der Waals surface area (Å²) in [4.78, 5) is -0.194. The maximum absolute atomic E-state index is 13.3. The predicted molar refractivity (Wildman–Crippen MR) is 71.1 cm³/mol. The predicted octanol–water partition coefficient (Wildman–Crippen LogP) is 1.12. The zero-order valence-corrected chi connectivity index (χ0v) is 12.1. The second kappa shape index (κ2) is 6.17. The first-order valence-corrected chi connectivity index (χ1v) is 7.86. The summed E-state index contributed by atoms with van der Waals surface area (Å²) in [5.41, 5.74) is 0.186. The first kappa shape index (κ1) is 15.4. The van der Waals surface area contributed by atoms with Crippen LogP contribution in [0.5, 0.6) is 0 Å². The summed E-state index contributed by atoms with van der Waals surface area (Å²) in [6.45, 7) is 0.409. The molecular weight excluding hydrogens is 285 g/mol. The monoisotopic (exact) mass is 303 g/mol. The van der Waals surface area contributed by atoms with E-state index in [-0.39, 0.29) is 23.1 Å². The van der Waals surface area contributed by atoms with Crippen molar-refractivity contribution in [2.45, 2.75) is 30.4 Å². The molecule has 1 unspecified atom stereocenters. The van der Waals surface area contributed by atoms with E-state index in [1.807, 2.05) is 0 Å². The molecule has 0 saturated carbocycles. The minimum Gasteiger partial charge on any atom is -0.392 e. The molecule has 0 radical (unpaired) electrons. The van der Waals surface area contributed by atoms with Crippen molar-refractivity contribution in [2.24, 2.45) is 0 Å². The summed E-state index contributed by atoms with van der Waals surface area (Å²) < 4.78 is 44.7. The Morgan fingerprint density at radius 2 is 2.25 bits per heavy atom. The van der Waals surface area contributed by atoms with Crippen LogP contribution in [0.1, 0.15) is 18.4 Å². The van der Waals surface area contributed by atoms with Crippen LogP contribution in [0.25, 0.3) is 0 Å². The second-order valence-corrected chi connectivity index (χ2v) is 6.84. The Morgan fingerprint density at radius 1 is 1.50 bits per heavy atom. The van der Waals surface area contributed by atoms with Gasteiger partial charge in [0.25, 0.3) is 0 Å². The van der Waals surface area contributed by atoms with E-state index in [2.05, 4.69) is 0 Å². The molecule has 7 heteroatoms. The highest BCUT2D eigenvalue weighted by atomic mass is 32.2. The smallest absolute Gasteiger partial charge is 0.243 e. The van der Waals surface area contributed by atoms with Gasteiger partial charge in [0.2, 0.25) is 10.0 Å². The largest absolute Gasteiger partial charge is 0.392 e. The highest BCUT2D eigenvalue weighted by Gasteiger charge is 2.28. The molecule has 0 amide bonds. The average molecular weight is 303 g/mol. The molecular formula is C13H18FNO4S. The van der Waals surface area contributed by atoms with Crippen molar-refractivity contribution in [3.05, 3.63) is 29.6 Å². The van der Waals surface area contributed by atoms with Crippen LogP contribution >= 0.6 is 0 Å². The summed E-state index contributed by atoms with van der Waals surface area (Å²) >= 11 is 0. The maximum atomic E-state index is 13.3. The molecule has 0 aromatic heterocycles. The van der Waals surface area contributed by atoms with Crippen molar-refractivity contribution in [1.29, 1.82) is 0 Å². The van der Waals surface area contributed by atoms with Gasteiger partial charge in [0.05, 0.1) is 17.6 Å². The molecule has 1 heterocycles. The van der Waals surface area contributed by atoms with E-state index < -0.39 is 22.4 Å². The minimum absolute atomic E-state index is 0.124. The number of likely N-dealkylation sites (N-methyl/N-ethyl adjacent to an activating group) is 1. The van der Waals surface area contributed by atoms with Crippen molar-refractivity contribution in [3.63, 3.8) is 0 Å². The summed E-state index contributed by atoms with van der Waals surface area (Å²) in [6, 6.07) is 3.35. The third-order valence-electron chi connectivity index (χ3n) is 3.37. The fourth-order valence-corrected chi connectivity index (χ4v) is 3.66. The molecule has 5 nitrogen and oxygen atoms in total. The van der Waals surface area contributed by atoms with Crippen LogP contribution < -0.4 is 0 Å². The van der Waals surface area contributed by atoms with Gasteiger partial charge in [-0.05, 0) is 30.5 Å². The molecule has 1 atom stereocenters. The molecule has 0 aliphatic carbocycles. The number of aliphatic hydroxyl groups excluding tert-OH is 1. The molecule has 112 valence electrons. The van der Waals surface area contributed by atoms with Crippen LogP contribution in [0, 0.1) is 5.82 Å². The molecule has 1 saturated heterocycles. The quantitative estimate of drug-likeness (QED) is 0.885. The van der Waals surface area contributed by atoms with E-state index in [4.69, 9.17) is 4.74 Å². The first-order valence-electron chi connectivity index (χ1n) is 6.42. The van der Waals surface area contributed by atoms with Gasteiger partial charge in [-0.25, -0.2) is 12.8 Å². The van der Waals surface area contributed by atoms with Gasteiger partial charge in [0.15, 0.2) is 0 Å². The number of aliphatic hydroxyl groups is 1. The number of ether oxygens (including phenoxy) is 1. The van der Waals surface area contributed by atoms with Crippen LogP contribution in [0.4, 0.5) is 4.39 Å². The topological polar surface area (TPSA) is 66.8 Å². The molecule has 0 bridgehead atoms. The molecule has 1 aromatic rings. The van der Waals surface area contributed by atoms with Gasteiger partial charge in [-0.1, -0.05) is 6.07 Å². The fraction of sp³-hybridized carbons (Fsp3) is 0.538. The SMILES string of the molecule is CN(CC1CCCO1)S(=O)(=O)c1cc(F)ccc1CO. The molecule has 2 rings (SSSR count). The standard InChI is InChI=1S/C13H18FNO4S/c1-15(8-12-3-2-6-19-12)20(17,18)13-7-11(14)5-4-10(13)9-16/h4-5,7,12,16H,2-3,6,8-9H2,1H3. The number of sulfonamides is 1. The summed E-state index contributed by atoms with van der Waals surface area (Å²) in [5, 5.41) is 9.21. The van der Waals surface area contributed by atoms with Gasteiger partial charge in [-0.2, -0.15) is 4.31 Å². The summed E-state index contributed by atoms with van der Waals surface area (Å²) in [7, 11) is -2.40. The summed E-state index contributed by atoms with van der Waals surface area (Å²) in [6.07, 6.45) is 1.61. The third-order valence-corrected chi connectivity index (χ3v) is 5.28. The lowest BCUT2D eigenvalue weighted by atomic mass is 10.2. The number of rotatable bonds is 5.